The topological polar surface area (TPSA) is 117 Å². The average Bonchev–Trinajstić information content (AvgIpc) is 3.31. The lowest BCUT2D eigenvalue weighted by molar-refractivity contribution is -0.130. The van der Waals surface area contributed by atoms with Gasteiger partial charge in [-0.15, -0.1) is 12.4 Å². The van der Waals surface area contributed by atoms with E-state index in [2.05, 4.69) is 34.3 Å². The van der Waals surface area contributed by atoms with Crippen molar-refractivity contribution in [1.29, 1.82) is 0 Å². The number of anilines is 1. The summed E-state index contributed by atoms with van der Waals surface area (Å²) in [6.07, 6.45) is 2.09. The molecule has 1 unspecified atom stereocenters. The highest BCUT2D eigenvalue weighted by Crippen LogP contribution is 2.25. The fourth-order valence-electron chi connectivity index (χ4n) is 3.45. The Balaban J connectivity index is 0.00000280. The minimum Gasteiger partial charge on any atom is -0.339 e. The van der Waals surface area contributed by atoms with Crippen molar-refractivity contribution in [3.63, 3.8) is 0 Å². The van der Waals surface area contributed by atoms with Crippen LogP contribution in [0.4, 0.5) is 5.69 Å². The lowest BCUT2D eigenvalue weighted by Crippen LogP contribution is -2.36. The summed E-state index contributed by atoms with van der Waals surface area (Å²) in [5.74, 6) is 0.830. The Morgan fingerprint density at radius 2 is 2.00 bits per heavy atom. The van der Waals surface area contributed by atoms with E-state index >= 15 is 0 Å². The fraction of sp³-hybridized carbons (Fsp3) is 0.474. The van der Waals surface area contributed by atoms with Crippen LogP contribution in [0.1, 0.15) is 38.9 Å². The molecule has 152 valence electrons. The molecule has 4 N–H and O–H groups in total. The van der Waals surface area contributed by atoms with Gasteiger partial charge >= 0.3 is 0 Å². The number of nitrogens with zero attached hydrogens (tertiary/aromatic N) is 3. The number of hydrogen-bond acceptors (Lipinski definition) is 5. The first-order chi connectivity index (χ1) is 13.0. The van der Waals surface area contributed by atoms with Crippen LogP contribution in [-0.4, -0.2) is 44.5 Å². The van der Waals surface area contributed by atoms with Crippen LogP contribution in [0.2, 0.25) is 0 Å². The predicted molar refractivity (Wildman–Crippen MR) is 110 cm³/mol. The monoisotopic (exact) mass is 406 g/mol. The number of H-pyrrole nitrogens is 1. The molecule has 1 aromatic heterocycles. The summed E-state index contributed by atoms with van der Waals surface area (Å²) in [7, 11) is 0. The third-order valence-electron chi connectivity index (χ3n) is 5.05. The summed E-state index contributed by atoms with van der Waals surface area (Å²) in [6.45, 7) is 4.94. The number of benzene rings is 1. The van der Waals surface area contributed by atoms with Crippen LogP contribution >= 0.6 is 12.4 Å². The Kier molecular flexibility index (Phi) is 7.53. The molecule has 1 aliphatic heterocycles. The molecule has 28 heavy (non-hydrogen) atoms. The van der Waals surface area contributed by atoms with Crippen molar-refractivity contribution < 1.29 is 9.59 Å². The van der Waals surface area contributed by atoms with E-state index in [1.165, 1.54) is 0 Å². The van der Waals surface area contributed by atoms with Crippen LogP contribution in [-0.2, 0) is 16.1 Å². The van der Waals surface area contributed by atoms with E-state index in [9.17, 15) is 9.59 Å². The van der Waals surface area contributed by atoms with Gasteiger partial charge in [-0.2, -0.15) is 5.10 Å². The maximum absolute atomic E-state index is 12.6. The van der Waals surface area contributed by atoms with Gasteiger partial charge in [0.1, 0.15) is 5.82 Å². The standard InChI is InChI=1S/C19H26N6O2.ClH/c1-3-15(4-2)25-11-13(9-17(25)26)19(27)21-14-7-5-12(6-8-14)18-22-16(10-20)23-24-18;/h5-8,13,15H,3-4,9-11,20H2,1-2H3,(H,21,27)(H,22,23,24);1H. The van der Waals surface area contributed by atoms with Crippen molar-refractivity contribution in [2.45, 2.75) is 45.7 Å². The highest BCUT2D eigenvalue weighted by atomic mass is 35.5. The number of nitrogens with two attached hydrogens (primary N) is 1. The number of amides is 2. The highest BCUT2D eigenvalue weighted by Gasteiger charge is 2.36. The number of nitrogens with one attached hydrogen (secondary N) is 2. The van der Waals surface area contributed by atoms with Gasteiger partial charge in [0, 0.05) is 30.3 Å². The first kappa shape index (κ1) is 21.8. The van der Waals surface area contributed by atoms with Crippen molar-refractivity contribution in [2.75, 3.05) is 11.9 Å². The molecule has 9 heteroatoms. The summed E-state index contributed by atoms with van der Waals surface area (Å²) in [4.78, 5) is 31.0. The van der Waals surface area contributed by atoms with Crippen molar-refractivity contribution in [2.24, 2.45) is 11.7 Å². The molecule has 2 amide bonds. The highest BCUT2D eigenvalue weighted by molar-refractivity contribution is 5.97. The third-order valence-corrected chi connectivity index (χ3v) is 5.05. The van der Waals surface area contributed by atoms with E-state index in [0.29, 0.717) is 30.4 Å². The van der Waals surface area contributed by atoms with Crippen molar-refractivity contribution in [3.8, 4) is 11.4 Å². The zero-order chi connectivity index (χ0) is 19.4. The molecule has 0 radical (unpaired) electrons. The molecule has 0 saturated carbocycles. The molecule has 0 aliphatic carbocycles. The summed E-state index contributed by atoms with van der Waals surface area (Å²) >= 11 is 0. The molecule has 1 fully saturated rings. The number of aromatic nitrogens is 3. The van der Waals surface area contributed by atoms with E-state index in [0.717, 1.165) is 18.4 Å². The molecule has 2 aromatic rings. The van der Waals surface area contributed by atoms with Gasteiger partial charge in [0.05, 0.1) is 12.5 Å². The van der Waals surface area contributed by atoms with Crippen molar-refractivity contribution >= 4 is 29.9 Å². The van der Waals surface area contributed by atoms with Crippen LogP contribution in [0.5, 0.6) is 0 Å². The molecule has 2 heterocycles. The predicted octanol–water partition coefficient (Wildman–Crippen LogP) is 2.33. The van der Waals surface area contributed by atoms with Crippen LogP contribution in [0.25, 0.3) is 11.4 Å². The van der Waals surface area contributed by atoms with E-state index in [1.807, 2.05) is 17.0 Å². The van der Waals surface area contributed by atoms with Crippen molar-refractivity contribution in [1.82, 2.24) is 20.1 Å². The minimum atomic E-state index is -0.308. The number of rotatable bonds is 7. The molecule has 1 aliphatic rings. The first-order valence-electron chi connectivity index (χ1n) is 9.37. The molecule has 1 saturated heterocycles. The first-order valence-corrected chi connectivity index (χ1v) is 9.37. The van der Waals surface area contributed by atoms with E-state index in [4.69, 9.17) is 5.73 Å². The minimum absolute atomic E-state index is 0. The van der Waals surface area contributed by atoms with Gasteiger partial charge in [-0.3, -0.25) is 14.7 Å². The molecule has 1 aromatic carbocycles. The summed E-state index contributed by atoms with van der Waals surface area (Å²) in [5, 5.41) is 9.79. The van der Waals surface area contributed by atoms with Gasteiger partial charge in [-0.1, -0.05) is 13.8 Å². The smallest absolute Gasteiger partial charge is 0.229 e. The van der Waals surface area contributed by atoms with Crippen LogP contribution in [0.3, 0.4) is 0 Å². The molecule has 0 bridgehead atoms. The zero-order valence-electron chi connectivity index (χ0n) is 16.1. The lowest BCUT2D eigenvalue weighted by atomic mass is 10.1. The average molecular weight is 407 g/mol. The Bertz CT molecular complexity index is 803. The second kappa shape index (κ2) is 9.66. The molecule has 8 nitrogen and oxygen atoms in total. The Morgan fingerprint density at radius 3 is 2.57 bits per heavy atom. The van der Waals surface area contributed by atoms with Crippen LogP contribution in [0, 0.1) is 5.92 Å². The van der Waals surface area contributed by atoms with E-state index in [-0.39, 0.29) is 42.6 Å². The van der Waals surface area contributed by atoms with Gasteiger partial charge in [0.25, 0.3) is 0 Å². The van der Waals surface area contributed by atoms with Crippen molar-refractivity contribution in [3.05, 3.63) is 30.1 Å². The maximum atomic E-state index is 12.6. The Morgan fingerprint density at radius 1 is 1.32 bits per heavy atom. The summed E-state index contributed by atoms with van der Waals surface area (Å²) in [5.41, 5.74) is 7.05. The van der Waals surface area contributed by atoms with Crippen LogP contribution in [0.15, 0.2) is 24.3 Å². The quantitative estimate of drug-likeness (QED) is 0.652. The number of carbonyl (C=O) groups is 2. The van der Waals surface area contributed by atoms with E-state index < -0.39 is 0 Å². The number of aromatic amines is 1. The van der Waals surface area contributed by atoms with Gasteiger partial charge in [-0.05, 0) is 37.1 Å². The molecule has 1 atom stereocenters. The number of likely N-dealkylation sites (tertiary alicyclic amines) is 1. The van der Waals surface area contributed by atoms with Gasteiger partial charge in [-0.25, -0.2) is 4.98 Å². The van der Waals surface area contributed by atoms with Gasteiger partial charge in [0.2, 0.25) is 11.8 Å². The lowest BCUT2D eigenvalue weighted by Gasteiger charge is -2.26. The van der Waals surface area contributed by atoms with Gasteiger partial charge in [0.15, 0.2) is 5.82 Å². The molecular formula is C19H27ClN6O2. The van der Waals surface area contributed by atoms with Gasteiger partial charge < -0.3 is 16.0 Å². The SMILES string of the molecule is CCC(CC)N1CC(C(=O)Nc2ccc(-c3n[nH]c(CN)n3)cc2)CC1=O.Cl. The molecular weight excluding hydrogens is 380 g/mol. The fourth-order valence-corrected chi connectivity index (χ4v) is 3.45. The summed E-state index contributed by atoms with van der Waals surface area (Å²) in [6, 6.07) is 7.52. The van der Waals surface area contributed by atoms with Crippen LogP contribution < -0.4 is 11.1 Å². The second-order valence-electron chi connectivity index (χ2n) is 6.79. The number of halogens is 1. The largest absolute Gasteiger partial charge is 0.339 e. The number of carbonyl (C=O) groups excluding carboxylic acids is 2. The Labute approximate surface area is 170 Å². The number of hydrogen-bond donors (Lipinski definition) is 3. The normalized spacial score (nSPS) is 16.4. The maximum Gasteiger partial charge on any atom is 0.229 e. The van der Waals surface area contributed by atoms with E-state index in [1.54, 1.807) is 12.1 Å². The zero-order valence-corrected chi connectivity index (χ0v) is 17.0. The summed E-state index contributed by atoms with van der Waals surface area (Å²) < 4.78 is 0. The molecule has 3 rings (SSSR count). The molecule has 0 spiro atoms. The Hall–Kier alpha value is -2.45. The second-order valence-corrected chi connectivity index (χ2v) is 6.79. The third kappa shape index (κ3) is 4.69.